The molecule has 1 aromatic heterocycles. The van der Waals surface area contributed by atoms with E-state index in [2.05, 4.69) is 15.6 Å². The van der Waals surface area contributed by atoms with Gasteiger partial charge in [-0.05, 0) is 17.7 Å². The minimum atomic E-state index is -2.89. The summed E-state index contributed by atoms with van der Waals surface area (Å²) < 4.78 is 22.9. The normalized spacial score (nSPS) is 16.2. The molecular formula is C16H19Cl3N4O3S2. The number of carbonyl (C=O) groups excluding carboxylic acids is 1. The minimum absolute atomic E-state index is 0. The quantitative estimate of drug-likeness (QED) is 0.677. The molecule has 0 spiro atoms. The van der Waals surface area contributed by atoms with Crippen LogP contribution in [0, 0.1) is 0 Å². The third-order valence-electron chi connectivity index (χ3n) is 4.03. The van der Waals surface area contributed by atoms with Gasteiger partial charge in [0, 0.05) is 31.6 Å². The Kier molecular flexibility index (Phi) is 8.35. The van der Waals surface area contributed by atoms with Crippen LogP contribution in [0.25, 0.3) is 0 Å². The van der Waals surface area contributed by atoms with E-state index in [1.54, 1.807) is 18.2 Å². The maximum atomic E-state index is 12.0. The van der Waals surface area contributed by atoms with Crippen molar-refractivity contribution in [3.8, 4) is 0 Å². The minimum Gasteiger partial charge on any atom is -0.334 e. The van der Waals surface area contributed by atoms with Crippen molar-refractivity contribution in [3.05, 3.63) is 44.9 Å². The van der Waals surface area contributed by atoms with E-state index in [0.717, 1.165) is 11.3 Å². The number of rotatable bonds is 5. The maximum absolute atomic E-state index is 12.0. The number of hydrogen-bond acceptors (Lipinski definition) is 6. The molecule has 1 aromatic carbocycles. The van der Waals surface area contributed by atoms with Gasteiger partial charge in [-0.2, -0.15) is 0 Å². The van der Waals surface area contributed by atoms with Gasteiger partial charge in [0.15, 0.2) is 15.0 Å². The van der Waals surface area contributed by atoms with E-state index in [1.807, 2.05) is 10.3 Å². The van der Waals surface area contributed by atoms with Gasteiger partial charge in [-0.15, -0.1) is 23.7 Å². The van der Waals surface area contributed by atoms with Gasteiger partial charge < -0.3 is 5.32 Å². The molecule has 1 saturated heterocycles. The first-order chi connectivity index (χ1) is 12.8. The largest absolute Gasteiger partial charge is 0.334 e. The molecule has 1 aliphatic heterocycles. The molecule has 3 rings (SSSR count). The molecule has 0 atom stereocenters. The Morgan fingerprint density at radius 3 is 2.61 bits per heavy atom. The van der Waals surface area contributed by atoms with E-state index < -0.39 is 9.84 Å². The number of hydrogen-bond donors (Lipinski definition) is 2. The second kappa shape index (κ2) is 10.1. The molecule has 0 unspecified atom stereocenters. The molecule has 0 aliphatic carbocycles. The number of anilines is 1. The molecule has 2 aromatic rings. The Hall–Kier alpha value is -1.10. The zero-order valence-electron chi connectivity index (χ0n) is 14.7. The molecular weight excluding hydrogens is 467 g/mol. The molecule has 1 fully saturated rings. The number of aromatic nitrogens is 1. The highest BCUT2D eigenvalue weighted by atomic mass is 35.5. The number of carbonyl (C=O) groups is 1. The third-order valence-corrected chi connectivity index (χ3v) is 7.19. The Bertz CT molecular complexity index is 923. The lowest BCUT2D eigenvalue weighted by molar-refractivity contribution is 0.251. The Labute approximate surface area is 183 Å². The Morgan fingerprint density at radius 1 is 1.21 bits per heavy atom. The molecule has 2 amide bonds. The molecule has 0 bridgehead atoms. The predicted octanol–water partition coefficient (Wildman–Crippen LogP) is 3.42. The standard InChI is InChI=1S/C16H18Cl2N4O3S2.ClH/c17-13-2-1-11(7-14(13)18)8-19-15(23)21-16-20-12(10-26-16)9-22-3-5-27(24,25)6-4-22;/h1-2,7,10H,3-6,8-9H2,(H2,19,20,21,23);1H. The van der Waals surface area contributed by atoms with Gasteiger partial charge in [0.25, 0.3) is 0 Å². The zero-order chi connectivity index (χ0) is 19.4. The SMILES string of the molecule is Cl.O=C(NCc1ccc(Cl)c(Cl)c1)Nc1nc(CN2CCS(=O)(=O)CC2)cs1. The van der Waals surface area contributed by atoms with Crippen LogP contribution in [0.15, 0.2) is 23.6 Å². The fraction of sp³-hybridized carbons (Fsp3) is 0.375. The van der Waals surface area contributed by atoms with Crippen LogP contribution in [0.5, 0.6) is 0 Å². The lowest BCUT2D eigenvalue weighted by Crippen LogP contribution is -2.39. The van der Waals surface area contributed by atoms with E-state index >= 15 is 0 Å². The first-order valence-corrected chi connectivity index (χ1v) is 11.6. The highest BCUT2D eigenvalue weighted by molar-refractivity contribution is 7.91. The van der Waals surface area contributed by atoms with Gasteiger partial charge in [0.1, 0.15) is 0 Å². The fourth-order valence-corrected chi connectivity index (χ4v) is 4.84. The molecule has 1 aliphatic rings. The molecule has 12 heteroatoms. The maximum Gasteiger partial charge on any atom is 0.321 e. The lowest BCUT2D eigenvalue weighted by atomic mass is 10.2. The summed E-state index contributed by atoms with van der Waals surface area (Å²) in [5.41, 5.74) is 1.64. The highest BCUT2D eigenvalue weighted by Crippen LogP contribution is 2.22. The average Bonchev–Trinajstić information content (AvgIpc) is 3.05. The zero-order valence-corrected chi connectivity index (χ0v) is 18.6. The van der Waals surface area contributed by atoms with Crippen LogP contribution in [0.1, 0.15) is 11.3 Å². The monoisotopic (exact) mass is 484 g/mol. The van der Waals surface area contributed by atoms with Gasteiger partial charge in [0.2, 0.25) is 0 Å². The number of nitrogens with zero attached hydrogens (tertiary/aromatic N) is 2. The second-order valence-corrected chi connectivity index (χ2v) is 10.1. The van der Waals surface area contributed by atoms with Crippen molar-refractivity contribution in [2.24, 2.45) is 0 Å². The summed E-state index contributed by atoms with van der Waals surface area (Å²) in [5.74, 6) is 0.360. The van der Waals surface area contributed by atoms with Gasteiger partial charge in [0.05, 0.1) is 27.2 Å². The number of halogens is 3. The first-order valence-electron chi connectivity index (χ1n) is 8.17. The van der Waals surface area contributed by atoms with E-state index in [4.69, 9.17) is 23.2 Å². The number of urea groups is 1. The van der Waals surface area contributed by atoms with Crippen molar-refractivity contribution >= 4 is 67.9 Å². The summed E-state index contributed by atoms with van der Waals surface area (Å²) in [6, 6.07) is 4.79. The number of thiazole rings is 1. The Morgan fingerprint density at radius 2 is 1.93 bits per heavy atom. The van der Waals surface area contributed by atoms with Crippen LogP contribution < -0.4 is 10.6 Å². The van der Waals surface area contributed by atoms with E-state index in [-0.39, 0.29) is 29.9 Å². The molecule has 154 valence electrons. The van der Waals surface area contributed by atoms with Crippen LogP contribution in [0.3, 0.4) is 0 Å². The van der Waals surface area contributed by atoms with Gasteiger partial charge in [-0.1, -0.05) is 29.3 Å². The summed E-state index contributed by atoms with van der Waals surface area (Å²) >= 11 is 13.1. The average molecular weight is 486 g/mol. The lowest BCUT2D eigenvalue weighted by Gasteiger charge is -2.25. The van der Waals surface area contributed by atoms with Crippen molar-refractivity contribution in [1.29, 1.82) is 0 Å². The summed E-state index contributed by atoms with van der Waals surface area (Å²) in [5, 5.41) is 8.67. The molecule has 2 heterocycles. The molecule has 0 saturated carbocycles. The third kappa shape index (κ3) is 6.75. The van der Waals surface area contributed by atoms with Crippen LogP contribution in [0.2, 0.25) is 10.0 Å². The highest BCUT2D eigenvalue weighted by Gasteiger charge is 2.22. The van der Waals surface area contributed by atoms with Crippen LogP contribution in [-0.4, -0.2) is 48.9 Å². The van der Waals surface area contributed by atoms with Crippen LogP contribution in [-0.2, 0) is 22.9 Å². The summed E-state index contributed by atoms with van der Waals surface area (Å²) in [4.78, 5) is 18.4. The van der Waals surface area contributed by atoms with Gasteiger partial charge >= 0.3 is 6.03 Å². The second-order valence-electron chi connectivity index (χ2n) is 6.13. The van der Waals surface area contributed by atoms with Crippen LogP contribution in [0.4, 0.5) is 9.93 Å². The number of amides is 2. The number of benzene rings is 1. The molecule has 7 nitrogen and oxygen atoms in total. The van der Waals surface area contributed by atoms with Crippen molar-refractivity contribution in [1.82, 2.24) is 15.2 Å². The van der Waals surface area contributed by atoms with E-state index in [9.17, 15) is 13.2 Å². The van der Waals surface area contributed by atoms with Crippen molar-refractivity contribution in [3.63, 3.8) is 0 Å². The number of sulfone groups is 1. The van der Waals surface area contributed by atoms with Gasteiger partial charge in [-0.3, -0.25) is 10.2 Å². The van der Waals surface area contributed by atoms with Gasteiger partial charge in [-0.25, -0.2) is 18.2 Å². The Balaban J connectivity index is 0.00000280. The molecule has 28 heavy (non-hydrogen) atoms. The van der Waals surface area contributed by atoms with Crippen molar-refractivity contribution in [2.75, 3.05) is 29.9 Å². The van der Waals surface area contributed by atoms with Crippen LogP contribution >= 0.6 is 46.9 Å². The van der Waals surface area contributed by atoms with Crippen molar-refractivity contribution < 1.29 is 13.2 Å². The summed E-state index contributed by atoms with van der Waals surface area (Å²) in [6.07, 6.45) is 0. The smallest absolute Gasteiger partial charge is 0.321 e. The molecule has 2 N–H and O–H groups in total. The van der Waals surface area contributed by atoms with Crippen molar-refractivity contribution in [2.45, 2.75) is 13.1 Å². The first kappa shape index (κ1) is 23.2. The summed E-state index contributed by atoms with van der Waals surface area (Å²) in [6.45, 7) is 1.89. The molecule has 0 radical (unpaired) electrons. The van der Waals surface area contributed by atoms with E-state index in [0.29, 0.717) is 41.4 Å². The summed E-state index contributed by atoms with van der Waals surface area (Å²) in [7, 11) is -2.89. The fourth-order valence-electron chi connectivity index (χ4n) is 2.55. The topological polar surface area (TPSA) is 91.4 Å². The number of nitrogens with one attached hydrogen (secondary N) is 2. The predicted molar refractivity (Wildman–Crippen MR) is 116 cm³/mol. The van der Waals surface area contributed by atoms with E-state index in [1.165, 1.54) is 11.3 Å².